The van der Waals surface area contributed by atoms with Crippen molar-refractivity contribution in [2.45, 2.75) is 99.2 Å². The Kier molecular flexibility index (Phi) is 9.38. The van der Waals surface area contributed by atoms with Crippen LogP contribution in [0.1, 0.15) is 67.2 Å². The Bertz CT molecular complexity index is 1560. The van der Waals surface area contributed by atoms with E-state index < -0.39 is 54.2 Å². The van der Waals surface area contributed by atoms with Gasteiger partial charge in [-0.2, -0.15) is 0 Å². The largest absolute Gasteiger partial charge is 0.394 e. The molecule has 1 amide bonds. The summed E-state index contributed by atoms with van der Waals surface area (Å²) in [5, 5.41) is 60.6. The van der Waals surface area contributed by atoms with Gasteiger partial charge in [0.05, 0.1) is 37.6 Å². The number of nitrogens with zero attached hydrogens (tertiary/aromatic N) is 1. The lowest BCUT2D eigenvalue weighted by Gasteiger charge is -2.43. The van der Waals surface area contributed by atoms with Gasteiger partial charge in [-0.05, 0) is 72.2 Å². The summed E-state index contributed by atoms with van der Waals surface area (Å²) in [6.07, 6.45) is -2.75. The molecule has 3 heterocycles. The zero-order chi connectivity index (χ0) is 33.6. The van der Waals surface area contributed by atoms with Crippen molar-refractivity contribution in [3.8, 4) is 34.8 Å². The number of aliphatic hydroxyl groups is 6. The van der Waals surface area contributed by atoms with Crippen molar-refractivity contribution in [2.75, 3.05) is 26.3 Å². The summed E-state index contributed by atoms with van der Waals surface area (Å²) in [7, 11) is 0. The van der Waals surface area contributed by atoms with Crippen LogP contribution in [0.2, 0.25) is 0 Å². The fourth-order valence-corrected chi connectivity index (χ4v) is 7.90. The Labute approximate surface area is 280 Å². The van der Waals surface area contributed by atoms with Crippen molar-refractivity contribution < 1.29 is 44.9 Å². The number of carbonyl (C=O) groups excluding carboxylic acids is 1. The molecule has 8 atom stereocenters. The number of likely N-dealkylation sites (tertiary alicyclic amines) is 1. The number of carbonyl (C=O) groups is 1. The van der Waals surface area contributed by atoms with Crippen LogP contribution in [-0.4, -0.2) is 117 Å². The molecule has 1 saturated carbocycles. The predicted molar refractivity (Wildman–Crippen MR) is 174 cm³/mol. The van der Waals surface area contributed by atoms with E-state index >= 15 is 0 Å². The van der Waals surface area contributed by atoms with E-state index in [2.05, 4.69) is 47.9 Å². The lowest BCUT2D eigenvalue weighted by Crippen LogP contribution is -2.48. The van der Waals surface area contributed by atoms with E-state index in [1.54, 1.807) is 0 Å². The van der Waals surface area contributed by atoms with Crippen molar-refractivity contribution >= 4 is 5.91 Å². The maximum atomic E-state index is 13.2. The molecule has 6 N–H and O–H groups in total. The Morgan fingerprint density at radius 1 is 0.771 bits per heavy atom. The van der Waals surface area contributed by atoms with Gasteiger partial charge in [0.1, 0.15) is 24.4 Å². The third-order valence-electron chi connectivity index (χ3n) is 11.0. The molecule has 2 aliphatic carbocycles. The van der Waals surface area contributed by atoms with Gasteiger partial charge in [-0.25, -0.2) is 0 Å². The third-order valence-corrected chi connectivity index (χ3v) is 11.0. The zero-order valence-electron chi connectivity index (χ0n) is 26.8. The van der Waals surface area contributed by atoms with Crippen LogP contribution in [0.4, 0.5) is 0 Å². The fourth-order valence-electron chi connectivity index (χ4n) is 7.90. The topological polar surface area (TPSA) is 160 Å². The van der Waals surface area contributed by atoms with Crippen LogP contribution in [-0.2, 0) is 19.7 Å². The van der Waals surface area contributed by atoms with Gasteiger partial charge >= 0.3 is 0 Å². The number of hydrogen-bond acceptors (Lipinski definition) is 9. The molecule has 4 fully saturated rings. The average molecular weight is 658 g/mol. The molecule has 7 rings (SSSR count). The Balaban J connectivity index is 1.21. The summed E-state index contributed by atoms with van der Waals surface area (Å²) in [5.74, 6) is 12.6. The van der Waals surface area contributed by atoms with E-state index in [0.29, 0.717) is 13.1 Å². The predicted octanol–water partition coefficient (Wildman–Crippen LogP) is 0.822. The molecule has 0 aromatic heterocycles. The van der Waals surface area contributed by atoms with Crippen LogP contribution >= 0.6 is 0 Å². The highest BCUT2D eigenvalue weighted by molar-refractivity contribution is 5.84. The Hall–Kier alpha value is -3.29. The summed E-state index contributed by atoms with van der Waals surface area (Å²) >= 11 is 0. The van der Waals surface area contributed by atoms with Crippen LogP contribution in [0.3, 0.4) is 0 Å². The first-order valence-electron chi connectivity index (χ1n) is 17.1. The second kappa shape index (κ2) is 13.5. The molecule has 0 bridgehead atoms. The van der Waals surface area contributed by atoms with Crippen molar-refractivity contribution in [1.29, 1.82) is 0 Å². The average Bonchev–Trinajstić information content (AvgIpc) is 3.33. The molecule has 1 spiro atoms. The van der Waals surface area contributed by atoms with E-state index in [1.807, 2.05) is 17.0 Å². The number of hydrogen-bond donors (Lipinski definition) is 6. The van der Waals surface area contributed by atoms with Gasteiger partial charge in [0, 0.05) is 48.4 Å². The number of rotatable bonds is 3. The monoisotopic (exact) mass is 657 g/mol. The molecule has 10 heteroatoms. The normalized spacial score (nSPS) is 32.2. The van der Waals surface area contributed by atoms with Crippen molar-refractivity contribution in [2.24, 2.45) is 5.92 Å². The SMILES string of the molecule is O=C(C1CCC1)N1CCC2(CC1)c1cc(C#CC3OC(CO)CC(O)C3O)ccc1-c1ccc(C#CC3OC(CO)CC(O)C3O)cc12. The highest BCUT2D eigenvalue weighted by atomic mass is 16.5. The summed E-state index contributed by atoms with van der Waals surface area (Å²) in [6.45, 7) is 0.720. The van der Waals surface area contributed by atoms with E-state index in [9.17, 15) is 35.4 Å². The van der Waals surface area contributed by atoms with Crippen LogP contribution in [0.5, 0.6) is 0 Å². The highest BCUT2D eigenvalue weighted by Crippen LogP contribution is 2.54. The Morgan fingerprint density at radius 3 is 1.67 bits per heavy atom. The van der Waals surface area contributed by atoms with E-state index in [-0.39, 0.29) is 37.9 Å². The first-order valence-corrected chi connectivity index (χ1v) is 17.1. The molecule has 254 valence electrons. The molecule has 10 nitrogen and oxygen atoms in total. The standard InChI is InChI=1S/C38H43NO9/c40-20-25-18-31(42)35(44)33(47-25)10-6-22-4-8-27-28-9-5-23(7-11-34-36(45)32(43)19-26(21-41)48-34)17-30(28)38(29(27)16-22)12-14-39(15-13-38)37(46)24-2-1-3-24/h4-5,8-9,16-17,24-26,31-36,40-45H,1-3,12-15,18-21H2. The minimum atomic E-state index is -1.18. The van der Waals surface area contributed by atoms with Gasteiger partial charge < -0.3 is 45.0 Å². The van der Waals surface area contributed by atoms with Crippen LogP contribution in [0.15, 0.2) is 36.4 Å². The van der Waals surface area contributed by atoms with Crippen molar-refractivity contribution in [3.63, 3.8) is 0 Å². The van der Waals surface area contributed by atoms with Crippen LogP contribution < -0.4 is 0 Å². The number of piperidine rings is 1. The summed E-state index contributed by atoms with van der Waals surface area (Å²) < 4.78 is 11.5. The zero-order valence-corrected chi connectivity index (χ0v) is 26.8. The maximum Gasteiger partial charge on any atom is 0.225 e. The minimum absolute atomic E-state index is 0.133. The highest BCUT2D eigenvalue weighted by Gasteiger charge is 2.47. The number of amides is 1. The summed E-state index contributed by atoms with van der Waals surface area (Å²) in [4.78, 5) is 15.2. The molecular weight excluding hydrogens is 614 g/mol. The van der Waals surface area contributed by atoms with E-state index in [1.165, 1.54) is 0 Å². The molecule has 3 aliphatic heterocycles. The molecule has 48 heavy (non-hydrogen) atoms. The van der Waals surface area contributed by atoms with Gasteiger partial charge in [0.25, 0.3) is 0 Å². The van der Waals surface area contributed by atoms with Crippen LogP contribution in [0.25, 0.3) is 11.1 Å². The third kappa shape index (κ3) is 6.06. The van der Waals surface area contributed by atoms with Gasteiger partial charge in [-0.1, -0.05) is 42.2 Å². The lowest BCUT2D eigenvalue weighted by atomic mass is 9.70. The minimum Gasteiger partial charge on any atom is -0.394 e. The van der Waals surface area contributed by atoms with E-state index in [4.69, 9.17) is 9.47 Å². The number of fused-ring (bicyclic) bond motifs is 5. The molecule has 2 aromatic rings. The number of benzene rings is 2. The smallest absolute Gasteiger partial charge is 0.225 e. The van der Waals surface area contributed by atoms with Crippen LogP contribution in [0, 0.1) is 29.6 Å². The quantitative estimate of drug-likeness (QED) is 0.263. The fraction of sp³-hybridized carbons (Fsp3) is 0.553. The maximum absolute atomic E-state index is 13.2. The second-order valence-electron chi connectivity index (χ2n) is 13.9. The molecular formula is C38H43NO9. The first kappa shape index (κ1) is 33.2. The second-order valence-corrected chi connectivity index (χ2v) is 13.9. The van der Waals surface area contributed by atoms with Crippen molar-refractivity contribution in [3.05, 3.63) is 58.7 Å². The van der Waals surface area contributed by atoms with Gasteiger partial charge in [0.2, 0.25) is 5.91 Å². The molecule has 8 unspecified atom stereocenters. The van der Waals surface area contributed by atoms with Gasteiger partial charge in [-0.3, -0.25) is 4.79 Å². The van der Waals surface area contributed by atoms with Gasteiger partial charge in [0.15, 0.2) is 0 Å². The summed E-state index contributed by atoms with van der Waals surface area (Å²) in [5.41, 5.74) is 5.45. The molecule has 5 aliphatic rings. The summed E-state index contributed by atoms with van der Waals surface area (Å²) in [6, 6.07) is 12.1. The van der Waals surface area contributed by atoms with Crippen molar-refractivity contribution in [1.82, 2.24) is 4.90 Å². The molecule has 3 saturated heterocycles. The number of ether oxygens (including phenoxy) is 2. The van der Waals surface area contributed by atoms with Gasteiger partial charge in [-0.15, -0.1) is 0 Å². The van der Waals surface area contributed by atoms with E-state index in [0.717, 1.165) is 65.5 Å². The Morgan fingerprint density at radius 2 is 1.25 bits per heavy atom. The molecule has 2 aromatic carbocycles. The lowest BCUT2D eigenvalue weighted by molar-refractivity contribution is -0.157. The molecule has 0 radical (unpaired) electrons. The number of aliphatic hydroxyl groups excluding tert-OH is 6. The first-order chi connectivity index (χ1) is 23.2.